The normalized spacial score (nSPS) is 12.4. The smallest absolute Gasteiger partial charge is 0.0453 e. The molecule has 1 unspecified atom stereocenters. The van der Waals surface area contributed by atoms with Crippen LogP contribution >= 0.6 is 23.2 Å². The first-order valence-electron chi connectivity index (χ1n) is 6.80. The van der Waals surface area contributed by atoms with E-state index in [2.05, 4.69) is 31.2 Å². The first kappa shape index (κ1) is 15.4. The van der Waals surface area contributed by atoms with Crippen molar-refractivity contribution in [3.05, 3.63) is 69.2 Å². The van der Waals surface area contributed by atoms with Crippen LogP contribution in [0.25, 0.3) is 0 Å². The van der Waals surface area contributed by atoms with E-state index >= 15 is 0 Å². The van der Waals surface area contributed by atoms with Crippen LogP contribution in [0.5, 0.6) is 0 Å². The lowest BCUT2D eigenvalue weighted by Gasteiger charge is -2.14. The standard InChI is InChI=1S/C17H19Cl2N/c1-12-5-7-13(8-6-12)9-10-14(20)11-15-16(18)3-2-4-17(15)19/h2-8,14H,9-11,20H2,1H3. The van der Waals surface area contributed by atoms with Crippen LogP contribution in [0.3, 0.4) is 0 Å². The van der Waals surface area contributed by atoms with Gasteiger partial charge in [0.2, 0.25) is 0 Å². The highest BCUT2D eigenvalue weighted by molar-refractivity contribution is 6.35. The first-order valence-corrected chi connectivity index (χ1v) is 7.56. The van der Waals surface area contributed by atoms with E-state index in [0.29, 0.717) is 16.5 Å². The number of hydrogen-bond donors (Lipinski definition) is 1. The van der Waals surface area contributed by atoms with E-state index in [1.165, 1.54) is 11.1 Å². The van der Waals surface area contributed by atoms with Crippen molar-refractivity contribution < 1.29 is 0 Å². The lowest BCUT2D eigenvalue weighted by Crippen LogP contribution is -2.23. The first-order chi connectivity index (χ1) is 9.56. The van der Waals surface area contributed by atoms with Crippen LogP contribution in [0.4, 0.5) is 0 Å². The number of aryl methyl sites for hydroxylation is 2. The summed E-state index contributed by atoms with van der Waals surface area (Å²) in [6, 6.07) is 14.2. The number of halogens is 2. The monoisotopic (exact) mass is 307 g/mol. The summed E-state index contributed by atoms with van der Waals surface area (Å²) in [5.74, 6) is 0. The third-order valence-electron chi connectivity index (χ3n) is 3.45. The SMILES string of the molecule is Cc1ccc(CCC(N)Cc2c(Cl)cccc2Cl)cc1. The summed E-state index contributed by atoms with van der Waals surface area (Å²) in [6.45, 7) is 2.09. The molecular weight excluding hydrogens is 289 g/mol. The molecule has 2 N–H and O–H groups in total. The van der Waals surface area contributed by atoms with Gasteiger partial charge >= 0.3 is 0 Å². The summed E-state index contributed by atoms with van der Waals surface area (Å²) < 4.78 is 0. The van der Waals surface area contributed by atoms with Gasteiger partial charge in [-0.3, -0.25) is 0 Å². The van der Waals surface area contributed by atoms with Crippen LogP contribution in [-0.4, -0.2) is 6.04 Å². The highest BCUT2D eigenvalue weighted by Crippen LogP contribution is 2.25. The molecule has 0 radical (unpaired) electrons. The lowest BCUT2D eigenvalue weighted by atomic mass is 9.99. The van der Waals surface area contributed by atoms with E-state index in [9.17, 15) is 0 Å². The fourth-order valence-electron chi connectivity index (χ4n) is 2.20. The highest BCUT2D eigenvalue weighted by Gasteiger charge is 2.10. The van der Waals surface area contributed by atoms with Crippen LogP contribution in [0.1, 0.15) is 23.1 Å². The molecule has 0 aliphatic rings. The number of rotatable bonds is 5. The number of benzene rings is 2. The second-order valence-corrected chi connectivity index (χ2v) is 6.00. The van der Waals surface area contributed by atoms with Crippen molar-refractivity contribution in [3.63, 3.8) is 0 Å². The van der Waals surface area contributed by atoms with Crippen LogP contribution in [0.15, 0.2) is 42.5 Å². The molecule has 106 valence electrons. The van der Waals surface area contributed by atoms with Gasteiger partial charge in [0.25, 0.3) is 0 Å². The van der Waals surface area contributed by atoms with Crippen molar-refractivity contribution in [2.75, 3.05) is 0 Å². The molecule has 0 aliphatic heterocycles. The minimum atomic E-state index is 0.0636. The van der Waals surface area contributed by atoms with E-state index in [0.717, 1.165) is 18.4 Å². The minimum Gasteiger partial charge on any atom is -0.327 e. The van der Waals surface area contributed by atoms with Gasteiger partial charge < -0.3 is 5.73 Å². The molecule has 1 nitrogen and oxygen atoms in total. The molecule has 3 heteroatoms. The zero-order valence-corrected chi connectivity index (χ0v) is 13.1. The Hall–Kier alpha value is -1.02. The summed E-state index contributed by atoms with van der Waals surface area (Å²) >= 11 is 12.3. The van der Waals surface area contributed by atoms with Gasteiger partial charge in [0.05, 0.1) is 0 Å². The average molecular weight is 308 g/mol. The summed E-state index contributed by atoms with van der Waals surface area (Å²) in [4.78, 5) is 0. The summed E-state index contributed by atoms with van der Waals surface area (Å²) in [5.41, 5.74) is 9.75. The molecule has 0 bridgehead atoms. The fraction of sp³-hybridized carbons (Fsp3) is 0.294. The van der Waals surface area contributed by atoms with Gasteiger partial charge in [-0.25, -0.2) is 0 Å². The molecule has 0 saturated heterocycles. The van der Waals surface area contributed by atoms with Crippen molar-refractivity contribution in [2.24, 2.45) is 5.73 Å². The van der Waals surface area contributed by atoms with E-state index in [1.54, 1.807) is 0 Å². The van der Waals surface area contributed by atoms with Crippen LogP contribution in [-0.2, 0) is 12.8 Å². The van der Waals surface area contributed by atoms with Gasteiger partial charge in [0.1, 0.15) is 0 Å². The number of hydrogen-bond acceptors (Lipinski definition) is 1. The molecule has 2 aromatic carbocycles. The molecule has 0 spiro atoms. The van der Waals surface area contributed by atoms with E-state index in [-0.39, 0.29) is 6.04 Å². The van der Waals surface area contributed by atoms with Crippen molar-refractivity contribution >= 4 is 23.2 Å². The molecule has 2 aromatic rings. The van der Waals surface area contributed by atoms with Crippen LogP contribution in [0, 0.1) is 6.92 Å². The molecule has 0 saturated carbocycles. The van der Waals surface area contributed by atoms with Crippen LogP contribution in [0.2, 0.25) is 10.0 Å². The van der Waals surface area contributed by atoms with Gasteiger partial charge in [-0.2, -0.15) is 0 Å². The van der Waals surface area contributed by atoms with Gasteiger partial charge in [-0.1, -0.05) is 59.1 Å². The zero-order chi connectivity index (χ0) is 14.5. The van der Waals surface area contributed by atoms with Crippen molar-refractivity contribution in [1.82, 2.24) is 0 Å². The molecule has 1 atom stereocenters. The largest absolute Gasteiger partial charge is 0.327 e. The van der Waals surface area contributed by atoms with Gasteiger partial charge in [0, 0.05) is 16.1 Å². The average Bonchev–Trinajstić information content (AvgIpc) is 2.42. The van der Waals surface area contributed by atoms with Crippen molar-refractivity contribution in [2.45, 2.75) is 32.2 Å². The zero-order valence-electron chi connectivity index (χ0n) is 11.6. The fourth-order valence-corrected chi connectivity index (χ4v) is 2.75. The Kier molecular flexibility index (Phi) is 5.47. The van der Waals surface area contributed by atoms with Gasteiger partial charge in [-0.15, -0.1) is 0 Å². The molecule has 0 fully saturated rings. The molecule has 0 aliphatic carbocycles. The summed E-state index contributed by atoms with van der Waals surface area (Å²) in [7, 11) is 0. The second-order valence-electron chi connectivity index (χ2n) is 5.19. The predicted octanol–water partition coefficient (Wildman–Crippen LogP) is 4.80. The van der Waals surface area contributed by atoms with Crippen molar-refractivity contribution in [1.29, 1.82) is 0 Å². The molecule has 20 heavy (non-hydrogen) atoms. The van der Waals surface area contributed by atoms with E-state index in [1.807, 2.05) is 18.2 Å². The van der Waals surface area contributed by atoms with Crippen molar-refractivity contribution in [3.8, 4) is 0 Å². The summed E-state index contributed by atoms with van der Waals surface area (Å²) in [5, 5.41) is 1.39. The topological polar surface area (TPSA) is 26.0 Å². The maximum atomic E-state index is 6.20. The third kappa shape index (κ3) is 4.24. The Bertz CT molecular complexity index is 543. The predicted molar refractivity (Wildman–Crippen MR) is 87.6 cm³/mol. The Labute approximate surface area is 130 Å². The highest BCUT2D eigenvalue weighted by atomic mass is 35.5. The Morgan fingerprint density at radius 1 is 1.00 bits per heavy atom. The quantitative estimate of drug-likeness (QED) is 0.843. The van der Waals surface area contributed by atoms with Crippen LogP contribution < -0.4 is 5.73 Å². The maximum Gasteiger partial charge on any atom is 0.0453 e. The lowest BCUT2D eigenvalue weighted by molar-refractivity contribution is 0.610. The van der Waals surface area contributed by atoms with Gasteiger partial charge in [-0.05, 0) is 49.4 Å². The third-order valence-corrected chi connectivity index (χ3v) is 4.16. The minimum absolute atomic E-state index is 0.0636. The Balaban J connectivity index is 1.92. The molecule has 0 heterocycles. The molecular formula is C17H19Cl2N. The Morgan fingerprint density at radius 2 is 1.60 bits per heavy atom. The van der Waals surface area contributed by atoms with E-state index < -0.39 is 0 Å². The second kappa shape index (κ2) is 7.12. The molecule has 0 amide bonds. The summed E-state index contributed by atoms with van der Waals surface area (Å²) in [6.07, 6.45) is 2.61. The molecule has 0 aromatic heterocycles. The van der Waals surface area contributed by atoms with E-state index in [4.69, 9.17) is 28.9 Å². The maximum absolute atomic E-state index is 6.20. The molecule has 2 rings (SSSR count). The number of nitrogens with two attached hydrogens (primary N) is 1. The Morgan fingerprint density at radius 3 is 2.20 bits per heavy atom. The van der Waals surface area contributed by atoms with Gasteiger partial charge in [0.15, 0.2) is 0 Å².